The van der Waals surface area contributed by atoms with Gasteiger partial charge < -0.3 is 10.1 Å². The molecule has 128 valence electrons. The number of nitrogens with one attached hydrogen (secondary N) is 1. The minimum atomic E-state index is -0.157. The van der Waals surface area contributed by atoms with Crippen LogP contribution in [0.4, 0.5) is 5.69 Å². The van der Waals surface area contributed by atoms with Gasteiger partial charge in [-0.05, 0) is 60.2 Å². The van der Waals surface area contributed by atoms with Crippen molar-refractivity contribution in [2.75, 3.05) is 7.11 Å². The third-order valence-electron chi connectivity index (χ3n) is 3.70. The third kappa shape index (κ3) is 4.32. The molecule has 6 heteroatoms. The van der Waals surface area contributed by atoms with Crippen LogP contribution in [0, 0.1) is 0 Å². The predicted molar refractivity (Wildman–Crippen MR) is 107 cm³/mol. The number of nitrogens with zero attached hydrogens (tertiary/aromatic N) is 1. The molecule has 0 saturated carbocycles. The van der Waals surface area contributed by atoms with Gasteiger partial charge in [0.1, 0.15) is 5.75 Å². The van der Waals surface area contributed by atoms with E-state index >= 15 is 0 Å². The summed E-state index contributed by atoms with van der Waals surface area (Å²) in [6.07, 6.45) is 2.80. The number of rotatable bonds is 4. The summed E-state index contributed by atoms with van der Waals surface area (Å²) in [5, 5.41) is 3.38. The monoisotopic (exact) mass is 416 g/mol. The summed E-state index contributed by atoms with van der Waals surface area (Å²) in [7, 11) is 1.61. The molecule has 2 aromatic rings. The largest absolute Gasteiger partial charge is 0.496 e. The van der Waals surface area contributed by atoms with Gasteiger partial charge in [0.2, 0.25) is 0 Å². The summed E-state index contributed by atoms with van der Waals surface area (Å²) in [4.78, 5) is 17.3. The summed E-state index contributed by atoms with van der Waals surface area (Å²) in [6, 6.07) is 13.7. The Bertz CT molecular complexity index is 860. The second kappa shape index (κ2) is 7.89. The first-order valence-corrected chi connectivity index (χ1v) is 9.42. The summed E-state index contributed by atoms with van der Waals surface area (Å²) in [6.45, 7) is 2.11. The van der Waals surface area contributed by atoms with Crippen LogP contribution in [0.2, 0.25) is 0 Å². The molecule has 0 bridgehead atoms. The van der Waals surface area contributed by atoms with Crippen molar-refractivity contribution in [1.29, 1.82) is 0 Å². The summed E-state index contributed by atoms with van der Waals surface area (Å²) in [5.41, 5.74) is 2.92. The van der Waals surface area contributed by atoms with Gasteiger partial charge in [-0.3, -0.25) is 4.79 Å². The van der Waals surface area contributed by atoms with Gasteiger partial charge >= 0.3 is 0 Å². The van der Waals surface area contributed by atoms with Crippen LogP contribution in [-0.4, -0.2) is 18.2 Å². The Morgan fingerprint density at radius 2 is 2.00 bits per heavy atom. The molecule has 0 spiro atoms. The highest BCUT2D eigenvalue weighted by Crippen LogP contribution is 2.31. The fourth-order valence-electron chi connectivity index (χ4n) is 2.36. The molecular weight excluding hydrogens is 400 g/mol. The van der Waals surface area contributed by atoms with E-state index in [2.05, 4.69) is 33.2 Å². The first-order chi connectivity index (χ1) is 12.1. The van der Waals surface area contributed by atoms with Gasteiger partial charge in [0.25, 0.3) is 5.91 Å². The molecule has 1 N–H and O–H groups in total. The van der Waals surface area contributed by atoms with Crippen molar-refractivity contribution in [3.8, 4) is 5.75 Å². The number of amidine groups is 1. The lowest BCUT2D eigenvalue weighted by Crippen LogP contribution is -2.19. The van der Waals surface area contributed by atoms with Crippen LogP contribution in [0.1, 0.15) is 18.1 Å². The molecule has 0 atom stereocenters. The van der Waals surface area contributed by atoms with Crippen molar-refractivity contribution in [3.63, 3.8) is 0 Å². The lowest BCUT2D eigenvalue weighted by molar-refractivity contribution is -0.115. The van der Waals surface area contributed by atoms with E-state index in [1.807, 2.05) is 48.5 Å². The van der Waals surface area contributed by atoms with E-state index in [-0.39, 0.29) is 5.91 Å². The Labute approximate surface area is 159 Å². The fourth-order valence-corrected chi connectivity index (χ4v) is 3.57. The highest BCUT2D eigenvalue weighted by molar-refractivity contribution is 9.10. The topological polar surface area (TPSA) is 50.7 Å². The van der Waals surface area contributed by atoms with Crippen LogP contribution in [0.3, 0.4) is 0 Å². The van der Waals surface area contributed by atoms with Gasteiger partial charge in [0.05, 0.1) is 17.7 Å². The number of hydrogen-bond donors (Lipinski definition) is 1. The Balaban J connectivity index is 1.84. The predicted octanol–water partition coefficient (Wildman–Crippen LogP) is 4.91. The smallest absolute Gasteiger partial charge is 0.264 e. The maximum absolute atomic E-state index is 12.2. The van der Waals surface area contributed by atoms with E-state index in [0.717, 1.165) is 22.1 Å². The number of carbonyl (C=O) groups excluding carboxylic acids is 1. The fraction of sp³-hybridized carbons (Fsp3) is 0.158. The molecule has 1 heterocycles. The first kappa shape index (κ1) is 17.8. The van der Waals surface area contributed by atoms with E-state index in [9.17, 15) is 4.79 Å². The molecule has 1 aliphatic heterocycles. The summed E-state index contributed by atoms with van der Waals surface area (Å²) in [5.74, 6) is 0.556. The van der Waals surface area contributed by atoms with Gasteiger partial charge in [-0.25, -0.2) is 4.99 Å². The Kier molecular flexibility index (Phi) is 5.60. The molecule has 1 amide bonds. The quantitative estimate of drug-likeness (QED) is 0.720. The third-order valence-corrected chi connectivity index (χ3v) is 5.11. The molecule has 3 rings (SSSR count). The van der Waals surface area contributed by atoms with Crippen molar-refractivity contribution in [1.82, 2.24) is 5.32 Å². The van der Waals surface area contributed by atoms with E-state index < -0.39 is 0 Å². The molecule has 0 radical (unpaired) electrons. The molecule has 0 aliphatic carbocycles. The summed E-state index contributed by atoms with van der Waals surface area (Å²) < 4.78 is 6.28. The zero-order chi connectivity index (χ0) is 17.8. The average molecular weight is 417 g/mol. The number of aliphatic imine (C=N–C) groups is 1. The molecule has 4 nitrogen and oxygen atoms in total. The van der Waals surface area contributed by atoms with Crippen molar-refractivity contribution >= 4 is 50.5 Å². The highest BCUT2D eigenvalue weighted by Gasteiger charge is 2.24. The molecule has 25 heavy (non-hydrogen) atoms. The Morgan fingerprint density at radius 3 is 2.68 bits per heavy atom. The van der Waals surface area contributed by atoms with Gasteiger partial charge in [0, 0.05) is 10.0 Å². The molecule has 2 aromatic carbocycles. The van der Waals surface area contributed by atoms with Crippen molar-refractivity contribution in [2.24, 2.45) is 4.99 Å². The number of thioether (sulfide) groups is 1. The standard InChI is InChI=1S/C19H17BrN2O2S/c1-3-12-4-7-15(8-5-12)21-19-22-18(23)17(25-19)11-13-10-14(20)6-9-16(13)24-2/h4-11H,3H2,1-2H3,(H,21,22,23)/b17-11-. The second-order valence-electron chi connectivity index (χ2n) is 5.39. The highest BCUT2D eigenvalue weighted by atomic mass is 79.9. The molecule has 1 aliphatic rings. The van der Waals surface area contributed by atoms with E-state index in [0.29, 0.717) is 15.8 Å². The van der Waals surface area contributed by atoms with Gasteiger partial charge in [-0.2, -0.15) is 0 Å². The molecule has 1 fully saturated rings. The number of hydrogen-bond acceptors (Lipinski definition) is 4. The van der Waals surface area contributed by atoms with Gasteiger partial charge in [-0.15, -0.1) is 0 Å². The minimum absolute atomic E-state index is 0.157. The molecule has 0 unspecified atom stereocenters. The van der Waals surface area contributed by atoms with Crippen LogP contribution in [-0.2, 0) is 11.2 Å². The zero-order valence-corrected chi connectivity index (χ0v) is 16.3. The number of amides is 1. The lowest BCUT2D eigenvalue weighted by atomic mass is 10.2. The molecule has 0 aromatic heterocycles. The van der Waals surface area contributed by atoms with Crippen LogP contribution >= 0.6 is 27.7 Å². The Morgan fingerprint density at radius 1 is 1.24 bits per heavy atom. The van der Waals surface area contributed by atoms with Gasteiger partial charge in [0.15, 0.2) is 5.17 Å². The number of aryl methyl sites for hydroxylation is 1. The number of carbonyl (C=O) groups is 1. The maximum Gasteiger partial charge on any atom is 0.264 e. The number of methoxy groups -OCH3 is 1. The SMILES string of the molecule is CCc1ccc(N=C2NC(=O)/C(=C/c3cc(Br)ccc3OC)S2)cc1. The Hall–Kier alpha value is -2.05. The van der Waals surface area contributed by atoms with Crippen LogP contribution in [0.5, 0.6) is 5.75 Å². The number of ether oxygens (including phenoxy) is 1. The first-order valence-electron chi connectivity index (χ1n) is 7.81. The average Bonchev–Trinajstić information content (AvgIpc) is 2.95. The summed E-state index contributed by atoms with van der Waals surface area (Å²) >= 11 is 4.76. The number of halogens is 1. The van der Waals surface area contributed by atoms with Crippen molar-refractivity contribution in [2.45, 2.75) is 13.3 Å². The lowest BCUT2D eigenvalue weighted by Gasteiger charge is -2.05. The number of benzene rings is 2. The van der Waals surface area contributed by atoms with Crippen molar-refractivity contribution in [3.05, 3.63) is 63.0 Å². The minimum Gasteiger partial charge on any atom is -0.496 e. The van der Waals surface area contributed by atoms with E-state index in [4.69, 9.17) is 4.74 Å². The van der Waals surface area contributed by atoms with Crippen LogP contribution in [0.15, 0.2) is 56.8 Å². The second-order valence-corrected chi connectivity index (χ2v) is 7.33. The maximum atomic E-state index is 12.2. The van der Waals surface area contributed by atoms with Crippen LogP contribution < -0.4 is 10.1 Å². The van der Waals surface area contributed by atoms with Crippen molar-refractivity contribution < 1.29 is 9.53 Å². The molecule has 1 saturated heterocycles. The molecular formula is C19H17BrN2O2S. The van der Waals surface area contributed by atoms with Crippen LogP contribution in [0.25, 0.3) is 6.08 Å². The van der Waals surface area contributed by atoms with E-state index in [1.54, 1.807) is 7.11 Å². The van der Waals surface area contributed by atoms with E-state index in [1.165, 1.54) is 17.3 Å². The zero-order valence-electron chi connectivity index (χ0n) is 13.9. The normalized spacial score (nSPS) is 17.2. The van der Waals surface area contributed by atoms with Gasteiger partial charge in [-0.1, -0.05) is 35.0 Å².